The summed E-state index contributed by atoms with van der Waals surface area (Å²) in [5, 5.41) is 11.6. The molecular weight excluding hydrogens is 248 g/mol. The van der Waals surface area contributed by atoms with E-state index in [0.717, 1.165) is 12.8 Å². The molecule has 0 saturated heterocycles. The predicted octanol–water partition coefficient (Wildman–Crippen LogP) is 1.46. The molecule has 0 spiro atoms. The molecule has 1 atom stereocenters. The van der Waals surface area contributed by atoms with Gasteiger partial charge in [0.15, 0.2) is 0 Å². The number of unbranched alkanes of at least 4 members (excludes halogenated alkanes) is 1. The summed E-state index contributed by atoms with van der Waals surface area (Å²) in [7, 11) is 1.43. The summed E-state index contributed by atoms with van der Waals surface area (Å²) in [5.41, 5.74) is 0.278. The molecule has 1 unspecified atom stereocenters. The van der Waals surface area contributed by atoms with Crippen LogP contribution in [0.2, 0.25) is 0 Å². The van der Waals surface area contributed by atoms with Crippen molar-refractivity contribution in [2.24, 2.45) is 0 Å². The van der Waals surface area contributed by atoms with Crippen molar-refractivity contribution in [3.05, 3.63) is 24.0 Å². The maximum atomic E-state index is 12.0. The molecule has 0 fully saturated rings. The largest absolute Gasteiger partial charge is 0.494 e. The zero-order valence-electron chi connectivity index (χ0n) is 11.0. The molecule has 0 aromatic carbocycles. The maximum Gasteiger partial charge on any atom is 0.326 e. The van der Waals surface area contributed by atoms with Crippen LogP contribution in [0.5, 0.6) is 5.75 Å². The number of methoxy groups -OCH3 is 1. The number of hydrogen-bond donors (Lipinski definition) is 2. The van der Waals surface area contributed by atoms with Crippen molar-refractivity contribution in [1.29, 1.82) is 0 Å². The Bertz CT molecular complexity index is 448. The van der Waals surface area contributed by atoms with Crippen LogP contribution in [0, 0.1) is 0 Å². The molecule has 0 aliphatic carbocycles. The number of nitrogens with zero attached hydrogens (tertiary/aromatic N) is 1. The molecule has 0 saturated carbocycles. The van der Waals surface area contributed by atoms with E-state index in [1.54, 1.807) is 0 Å². The van der Waals surface area contributed by atoms with Crippen molar-refractivity contribution in [2.45, 2.75) is 32.2 Å². The van der Waals surface area contributed by atoms with Crippen LogP contribution in [0.25, 0.3) is 0 Å². The fraction of sp³-hybridized carbons (Fsp3) is 0.462. The summed E-state index contributed by atoms with van der Waals surface area (Å²) in [6, 6.07) is 0.609. The van der Waals surface area contributed by atoms with Gasteiger partial charge in [0.2, 0.25) is 0 Å². The second kappa shape index (κ2) is 7.35. The highest BCUT2D eigenvalue weighted by molar-refractivity contribution is 5.98. The summed E-state index contributed by atoms with van der Waals surface area (Å²) in [4.78, 5) is 26.9. The van der Waals surface area contributed by atoms with Gasteiger partial charge in [-0.3, -0.25) is 9.78 Å². The van der Waals surface area contributed by atoms with Gasteiger partial charge >= 0.3 is 5.97 Å². The highest BCUT2D eigenvalue weighted by atomic mass is 16.5. The van der Waals surface area contributed by atoms with Crippen LogP contribution in [0.3, 0.4) is 0 Å². The van der Waals surface area contributed by atoms with Crippen LogP contribution in [0.15, 0.2) is 18.5 Å². The number of aliphatic carboxylic acids is 1. The van der Waals surface area contributed by atoms with Gasteiger partial charge < -0.3 is 15.2 Å². The number of carboxylic acid groups (broad SMARTS) is 1. The molecule has 1 aromatic heterocycles. The average Bonchev–Trinajstić information content (AvgIpc) is 2.42. The lowest BCUT2D eigenvalue weighted by molar-refractivity contribution is -0.139. The van der Waals surface area contributed by atoms with Gasteiger partial charge in [0, 0.05) is 6.20 Å². The first kappa shape index (κ1) is 14.9. The van der Waals surface area contributed by atoms with Gasteiger partial charge in [-0.2, -0.15) is 0 Å². The minimum atomic E-state index is -1.03. The third kappa shape index (κ3) is 4.24. The molecule has 104 valence electrons. The number of amides is 1. The standard InChI is InChI=1S/C13H18N2O4/c1-3-4-5-10(13(17)18)15-12(16)9-6-7-14-8-11(9)19-2/h6-8,10H,3-5H2,1-2H3,(H,15,16)(H,17,18). The molecule has 1 amide bonds. The Kier molecular flexibility index (Phi) is 5.78. The number of rotatable bonds is 7. The first-order valence-electron chi connectivity index (χ1n) is 6.11. The van der Waals surface area contributed by atoms with Gasteiger partial charge in [0.25, 0.3) is 5.91 Å². The topological polar surface area (TPSA) is 88.5 Å². The van der Waals surface area contributed by atoms with Crippen molar-refractivity contribution in [3.8, 4) is 5.75 Å². The first-order chi connectivity index (χ1) is 9.10. The van der Waals surface area contributed by atoms with Gasteiger partial charge in [-0.1, -0.05) is 19.8 Å². The summed E-state index contributed by atoms with van der Waals surface area (Å²) in [6.07, 6.45) is 4.89. The molecule has 1 aromatic rings. The Hall–Kier alpha value is -2.11. The Morgan fingerprint density at radius 3 is 2.84 bits per heavy atom. The van der Waals surface area contributed by atoms with Gasteiger partial charge in [0.05, 0.1) is 18.9 Å². The molecule has 6 heteroatoms. The van der Waals surface area contributed by atoms with Crippen molar-refractivity contribution < 1.29 is 19.4 Å². The number of nitrogens with one attached hydrogen (secondary N) is 1. The van der Waals surface area contributed by atoms with E-state index < -0.39 is 17.9 Å². The first-order valence-corrected chi connectivity index (χ1v) is 6.11. The van der Waals surface area contributed by atoms with Gasteiger partial charge in [0.1, 0.15) is 11.8 Å². The van der Waals surface area contributed by atoms with E-state index >= 15 is 0 Å². The van der Waals surface area contributed by atoms with Crippen molar-refractivity contribution >= 4 is 11.9 Å². The lowest BCUT2D eigenvalue weighted by Crippen LogP contribution is -2.40. The summed E-state index contributed by atoms with van der Waals surface area (Å²) in [5.74, 6) is -1.18. The summed E-state index contributed by atoms with van der Waals surface area (Å²) in [6.45, 7) is 1.96. The van der Waals surface area contributed by atoms with Gasteiger partial charge in [-0.05, 0) is 12.5 Å². The minimum Gasteiger partial charge on any atom is -0.494 e. The number of aromatic nitrogens is 1. The van der Waals surface area contributed by atoms with Crippen LogP contribution in [-0.2, 0) is 4.79 Å². The summed E-state index contributed by atoms with van der Waals surface area (Å²) < 4.78 is 5.02. The maximum absolute atomic E-state index is 12.0. The molecule has 0 radical (unpaired) electrons. The highest BCUT2D eigenvalue weighted by Crippen LogP contribution is 2.15. The van der Waals surface area contributed by atoms with E-state index in [9.17, 15) is 9.59 Å². The average molecular weight is 266 g/mol. The Morgan fingerprint density at radius 1 is 1.53 bits per heavy atom. The molecule has 0 bridgehead atoms. The van der Waals surface area contributed by atoms with E-state index in [1.807, 2.05) is 6.92 Å². The Labute approximate surface area is 111 Å². The minimum absolute atomic E-state index is 0.278. The predicted molar refractivity (Wildman–Crippen MR) is 69.2 cm³/mol. The van der Waals surface area contributed by atoms with Crippen LogP contribution in [-0.4, -0.2) is 35.1 Å². The third-order valence-corrected chi connectivity index (χ3v) is 2.70. The van der Waals surface area contributed by atoms with Crippen molar-refractivity contribution in [2.75, 3.05) is 7.11 Å². The fourth-order valence-corrected chi connectivity index (χ4v) is 1.63. The molecule has 6 nitrogen and oxygen atoms in total. The molecule has 0 aliphatic heterocycles. The Balaban J connectivity index is 2.78. The monoisotopic (exact) mass is 266 g/mol. The number of pyridine rings is 1. The number of hydrogen-bond acceptors (Lipinski definition) is 4. The quantitative estimate of drug-likeness (QED) is 0.780. The molecule has 1 heterocycles. The zero-order valence-corrected chi connectivity index (χ0v) is 11.0. The normalized spacial score (nSPS) is 11.7. The smallest absolute Gasteiger partial charge is 0.326 e. The van der Waals surface area contributed by atoms with Crippen LogP contribution in [0.4, 0.5) is 0 Å². The number of carbonyl (C=O) groups excluding carboxylic acids is 1. The SMILES string of the molecule is CCCCC(NC(=O)c1ccncc1OC)C(=O)O. The van der Waals surface area contributed by atoms with E-state index in [1.165, 1.54) is 25.6 Å². The second-order valence-electron chi connectivity index (χ2n) is 4.08. The van der Waals surface area contributed by atoms with Crippen LogP contribution in [0.1, 0.15) is 36.5 Å². The van der Waals surface area contributed by atoms with E-state index in [0.29, 0.717) is 12.2 Å². The molecule has 1 rings (SSSR count). The van der Waals surface area contributed by atoms with Gasteiger partial charge in [-0.25, -0.2) is 4.79 Å². The third-order valence-electron chi connectivity index (χ3n) is 2.70. The number of ether oxygens (including phenoxy) is 1. The van der Waals surface area contributed by atoms with Crippen molar-refractivity contribution in [1.82, 2.24) is 10.3 Å². The van der Waals surface area contributed by atoms with Crippen LogP contribution < -0.4 is 10.1 Å². The second-order valence-corrected chi connectivity index (χ2v) is 4.08. The van der Waals surface area contributed by atoms with Crippen molar-refractivity contribution in [3.63, 3.8) is 0 Å². The fourth-order valence-electron chi connectivity index (χ4n) is 1.63. The zero-order chi connectivity index (χ0) is 14.3. The highest BCUT2D eigenvalue weighted by Gasteiger charge is 2.21. The number of carbonyl (C=O) groups is 2. The molecule has 0 aliphatic rings. The van der Waals surface area contributed by atoms with E-state index in [2.05, 4.69) is 10.3 Å². The lowest BCUT2D eigenvalue weighted by atomic mass is 10.1. The number of carboxylic acids is 1. The van der Waals surface area contributed by atoms with E-state index in [4.69, 9.17) is 9.84 Å². The lowest BCUT2D eigenvalue weighted by Gasteiger charge is -2.15. The molecular formula is C13H18N2O4. The summed E-state index contributed by atoms with van der Waals surface area (Å²) >= 11 is 0. The van der Waals surface area contributed by atoms with Gasteiger partial charge in [-0.15, -0.1) is 0 Å². The molecule has 2 N–H and O–H groups in total. The Morgan fingerprint density at radius 2 is 2.26 bits per heavy atom. The van der Waals surface area contributed by atoms with Crippen LogP contribution >= 0.6 is 0 Å². The molecule has 19 heavy (non-hydrogen) atoms. The van der Waals surface area contributed by atoms with E-state index in [-0.39, 0.29) is 5.56 Å².